The molecule has 2 rings (SSSR count). The minimum absolute atomic E-state index is 0.509. The van der Waals surface area contributed by atoms with Crippen LogP contribution in [0, 0.1) is 5.92 Å². The van der Waals surface area contributed by atoms with E-state index in [2.05, 4.69) is 69.9 Å². The summed E-state index contributed by atoms with van der Waals surface area (Å²) in [6.45, 7) is 11.6. The Morgan fingerprint density at radius 2 is 1.58 bits per heavy atom. The highest BCUT2D eigenvalue weighted by Gasteiger charge is 2.35. The highest BCUT2D eigenvalue weighted by Crippen LogP contribution is 2.38. The van der Waals surface area contributed by atoms with Crippen LogP contribution in [0.15, 0.2) is 41.5 Å². The van der Waals surface area contributed by atoms with E-state index in [-0.39, 0.29) is 0 Å². The molecule has 0 N–H and O–H groups in total. The third-order valence-corrected chi connectivity index (χ3v) is 4.96. The van der Waals surface area contributed by atoms with Crippen LogP contribution in [0.25, 0.3) is 0 Å². The molecule has 1 nitrogen and oxygen atoms in total. The number of benzene rings is 1. The monoisotopic (exact) mass is 257 g/mol. The number of nitrogens with zero attached hydrogens (tertiary/aromatic N) is 1. The third-order valence-electron chi connectivity index (χ3n) is 4.96. The van der Waals surface area contributed by atoms with E-state index in [0.717, 1.165) is 0 Å². The van der Waals surface area contributed by atoms with Gasteiger partial charge in [-0.1, -0.05) is 43.2 Å². The Bertz CT molecular complexity index is 446. The van der Waals surface area contributed by atoms with Crippen LogP contribution in [0.4, 0.5) is 5.69 Å². The summed E-state index contributed by atoms with van der Waals surface area (Å²) in [5, 5.41) is 0. The molecule has 1 heterocycles. The third kappa shape index (κ3) is 2.43. The predicted octanol–water partition coefficient (Wildman–Crippen LogP) is 5.04. The van der Waals surface area contributed by atoms with Crippen molar-refractivity contribution in [1.29, 1.82) is 0 Å². The molecule has 1 aliphatic heterocycles. The number of hydrogen-bond acceptors (Lipinski definition) is 1. The van der Waals surface area contributed by atoms with Gasteiger partial charge in [0, 0.05) is 17.8 Å². The first-order valence-corrected chi connectivity index (χ1v) is 7.62. The first-order valence-electron chi connectivity index (χ1n) is 7.62. The van der Waals surface area contributed by atoms with Crippen molar-refractivity contribution in [2.75, 3.05) is 4.90 Å². The van der Waals surface area contributed by atoms with E-state index >= 15 is 0 Å². The Kier molecular flexibility index (Phi) is 4.34. The summed E-state index contributed by atoms with van der Waals surface area (Å²) < 4.78 is 0. The smallest absolute Gasteiger partial charge is 0.0477 e. The summed E-state index contributed by atoms with van der Waals surface area (Å²) >= 11 is 0. The normalized spacial score (nSPS) is 27.8. The predicted molar refractivity (Wildman–Crippen MR) is 84.6 cm³/mol. The lowest BCUT2D eigenvalue weighted by Gasteiger charge is -2.48. The number of rotatable bonds is 3. The molecule has 1 heteroatoms. The molecule has 0 amide bonds. The van der Waals surface area contributed by atoms with E-state index in [0.29, 0.717) is 18.0 Å². The number of para-hydroxylation sites is 1. The van der Waals surface area contributed by atoms with Crippen molar-refractivity contribution in [2.24, 2.45) is 5.92 Å². The van der Waals surface area contributed by atoms with E-state index in [1.165, 1.54) is 18.5 Å². The molecule has 0 aromatic heterocycles. The molecular weight excluding hydrogens is 230 g/mol. The van der Waals surface area contributed by atoms with Crippen molar-refractivity contribution in [1.82, 2.24) is 0 Å². The molecule has 0 radical (unpaired) electrons. The number of hydrogen-bond donors (Lipinski definition) is 0. The van der Waals surface area contributed by atoms with Crippen LogP contribution in [0.1, 0.15) is 47.5 Å². The molecule has 0 unspecified atom stereocenters. The zero-order valence-corrected chi connectivity index (χ0v) is 13.0. The average molecular weight is 257 g/mol. The Labute approximate surface area is 118 Å². The minimum atomic E-state index is 0.509. The van der Waals surface area contributed by atoms with E-state index in [4.69, 9.17) is 0 Å². The lowest BCUT2D eigenvalue weighted by atomic mass is 9.78. The summed E-state index contributed by atoms with van der Waals surface area (Å²) in [6, 6.07) is 12.0. The van der Waals surface area contributed by atoms with Crippen molar-refractivity contribution in [3.63, 3.8) is 0 Å². The molecular formula is C18H27N. The van der Waals surface area contributed by atoms with Crippen LogP contribution in [-0.2, 0) is 0 Å². The summed E-state index contributed by atoms with van der Waals surface area (Å²) in [4.78, 5) is 2.64. The van der Waals surface area contributed by atoms with Crippen LogP contribution < -0.4 is 4.90 Å². The van der Waals surface area contributed by atoms with Gasteiger partial charge in [0.1, 0.15) is 0 Å². The zero-order chi connectivity index (χ0) is 14.0. The van der Waals surface area contributed by atoms with Gasteiger partial charge in [0.2, 0.25) is 0 Å². The second kappa shape index (κ2) is 5.81. The fraction of sp³-hybridized carbons (Fsp3) is 0.556. The van der Waals surface area contributed by atoms with Crippen molar-refractivity contribution in [3.8, 4) is 0 Å². The summed E-state index contributed by atoms with van der Waals surface area (Å²) in [7, 11) is 0. The molecule has 104 valence electrons. The van der Waals surface area contributed by atoms with Crippen molar-refractivity contribution in [3.05, 3.63) is 41.5 Å². The molecule has 19 heavy (non-hydrogen) atoms. The van der Waals surface area contributed by atoms with Crippen LogP contribution in [0.2, 0.25) is 0 Å². The van der Waals surface area contributed by atoms with E-state index in [9.17, 15) is 0 Å². The van der Waals surface area contributed by atoms with Gasteiger partial charge in [-0.15, -0.1) is 0 Å². The SMILES string of the molecule is CC[C@@H]1C(C)=C(C)[C@H](C)N(c2ccccc2)[C@H]1CC. The highest BCUT2D eigenvalue weighted by molar-refractivity contribution is 5.52. The van der Waals surface area contributed by atoms with E-state index in [1.54, 1.807) is 11.1 Å². The van der Waals surface area contributed by atoms with Crippen LogP contribution in [-0.4, -0.2) is 12.1 Å². The van der Waals surface area contributed by atoms with Gasteiger partial charge in [-0.25, -0.2) is 0 Å². The fourth-order valence-electron chi connectivity index (χ4n) is 3.67. The molecule has 1 aromatic carbocycles. The van der Waals surface area contributed by atoms with Crippen LogP contribution in [0.5, 0.6) is 0 Å². The topological polar surface area (TPSA) is 3.24 Å². The Morgan fingerprint density at radius 1 is 0.947 bits per heavy atom. The molecule has 0 saturated carbocycles. The molecule has 3 atom stereocenters. The van der Waals surface area contributed by atoms with Gasteiger partial charge < -0.3 is 4.90 Å². The first kappa shape index (κ1) is 14.2. The van der Waals surface area contributed by atoms with Crippen LogP contribution in [0.3, 0.4) is 0 Å². The van der Waals surface area contributed by atoms with Gasteiger partial charge in [0.25, 0.3) is 0 Å². The summed E-state index contributed by atoms with van der Waals surface area (Å²) in [6.07, 6.45) is 2.44. The molecule has 0 aliphatic carbocycles. The largest absolute Gasteiger partial charge is 0.362 e. The molecule has 0 spiro atoms. The van der Waals surface area contributed by atoms with E-state index in [1.807, 2.05) is 0 Å². The van der Waals surface area contributed by atoms with E-state index < -0.39 is 0 Å². The maximum absolute atomic E-state index is 2.64. The van der Waals surface area contributed by atoms with Gasteiger partial charge in [0.15, 0.2) is 0 Å². The molecule has 0 bridgehead atoms. The van der Waals surface area contributed by atoms with Crippen molar-refractivity contribution in [2.45, 2.75) is 59.5 Å². The Hall–Kier alpha value is -1.24. The summed E-state index contributed by atoms with van der Waals surface area (Å²) in [5.74, 6) is 0.696. The fourth-order valence-corrected chi connectivity index (χ4v) is 3.67. The van der Waals surface area contributed by atoms with Gasteiger partial charge in [-0.2, -0.15) is 0 Å². The first-order chi connectivity index (χ1) is 9.11. The Balaban J connectivity index is 2.47. The average Bonchev–Trinajstić information content (AvgIpc) is 2.45. The number of anilines is 1. The lowest BCUT2D eigenvalue weighted by molar-refractivity contribution is 0.378. The van der Waals surface area contributed by atoms with Gasteiger partial charge in [0.05, 0.1) is 0 Å². The molecule has 0 saturated heterocycles. The lowest BCUT2D eigenvalue weighted by Crippen LogP contribution is -2.50. The van der Waals surface area contributed by atoms with Gasteiger partial charge in [-0.05, 0) is 51.7 Å². The quantitative estimate of drug-likeness (QED) is 0.686. The van der Waals surface area contributed by atoms with Crippen molar-refractivity contribution < 1.29 is 0 Å². The molecule has 1 aliphatic rings. The maximum atomic E-state index is 2.64. The Morgan fingerprint density at radius 3 is 2.11 bits per heavy atom. The maximum Gasteiger partial charge on any atom is 0.0477 e. The zero-order valence-electron chi connectivity index (χ0n) is 13.0. The van der Waals surface area contributed by atoms with Gasteiger partial charge in [-0.3, -0.25) is 0 Å². The summed E-state index contributed by atoms with van der Waals surface area (Å²) in [5.41, 5.74) is 4.54. The minimum Gasteiger partial charge on any atom is -0.362 e. The standard InChI is InChI=1S/C18H27N/c1-6-17-14(4)13(3)15(5)19(18(17)7-2)16-11-9-8-10-12-16/h8-12,15,17-18H,6-7H2,1-5H3/t15-,17+,18-/m0/s1. The van der Waals surface area contributed by atoms with Crippen molar-refractivity contribution >= 4 is 5.69 Å². The molecule has 0 fully saturated rings. The van der Waals surface area contributed by atoms with Gasteiger partial charge >= 0.3 is 0 Å². The second-order valence-corrected chi connectivity index (χ2v) is 5.78. The van der Waals surface area contributed by atoms with Crippen LogP contribution >= 0.6 is 0 Å². The molecule has 1 aromatic rings. The second-order valence-electron chi connectivity index (χ2n) is 5.78. The highest BCUT2D eigenvalue weighted by atomic mass is 15.2.